The average Bonchev–Trinajstić information content (AvgIpc) is 2.98. The van der Waals surface area contributed by atoms with Gasteiger partial charge in [-0.15, -0.1) is 0 Å². The number of nitrogens with one attached hydrogen (secondary N) is 1. The van der Waals surface area contributed by atoms with Crippen LogP contribution in [0.15, 0.2) is 36.4 Å². The number of carbonyl (C=O) groups is 4. The van der Waals surface area contributed by atoms with Gasteiger partial charge in [-0.2, -0.15) is 0 Å². The topological polar surface area (TPSA) is 102 Å². The van der Waals surface area contributed by atoms with Gasteiger partial charge in [-0.1, -0.05) is 17.7 Å². The lowest BCUT2D eigenvalue weighted by atomic mass is 10.1. The summed E-state index contributed by atoms with van der Waals surface area (Å²) >= 11 is 6.07. The molecule has 8 nitrogen and oxygen atoms in total. The standard InChI is InChI=1S/C22H21ClN2O6/c1-13-4-7-18(17(23)10-13)24-19(26)12-31-22(29)14-5-6-15-16(11-14)21(28)25(20(15)27)8-3-9-30-2/h4-7,10-11H,3,8-9,12H2,1-2H3,(H,24,26). The van der Waals surface area contributed by atoms with Crippen molar-refractivity contribution in [2.45, 2.75) is 13.3 Å². The SMILES string of the molecule is COCCCN1C(=O)c2ccc(C(=O)OCC(=O)Nc3ccc(C)cc3Cl)cc2C1=O. The van der Waals surface area contributed by atoms with Crippen molar-refractivity contribution >= 4 is 41.0 Å². The highest BCUT2D eigenvalue weighted by Gasteiger charge is 2.35. The summed E-state index contributed by atoms with van der Waals surface area (Å²) in [6.07, 6.45) is 0.511. The van der Waals surface area contributed by atoms with Gasteiger partial charge in [0, 0.05) is 20.3 Å². The Morgan fingerprint density at radius 1 is 1.06 bits per heavy atom. The molecule has 0 radical (unpaired) electrons. The zero-order valence-corrected chi connectivity index (χ0v) is 17.8. The Hall–Kier alpha value is -3.23. The Morgan fingerprint density at radius 3 is 2.52 bits per heavy atom. The quantitative estimate of drug-likeness (QED) is 0.381. The third kappa shape index (κ3) is 5.10. The highest BCUT2D eigenvalue weighted by Crippen LogP contribution is 2.25. The van der Waals surface area contributed by atoms with Gasteiger partial charge in [0.25, 0.3) is 17.7 Å². The molecule has 0 atom stereocenters. The molecule has 1 aliphatic rings. The molecular formula is C22H21ClN2O6. The summed E-state index contributed by atoms with van der Waals surface area (Å²) in [6.45, 7) is 1.98. The molecule has 31 heavy (non-hydrogen) atoms. The van der Waals surface area contributed by atoms with E-state index in [1.807, 2.05) is 6.92 Å². The molecule has 1 N–H and O–H groups in total. The first-order valence-electron chi connectivity index (χ1n) is 9.54. The van der Waals surface area contributed by atoms with E-state index in [4.69, 9.17) is 21.1 Å². The summed E-state index contributed by atoms with van der Waals surface area (Å²) in [7, 11) is 1.54. The molecule has 0 aliphatic carbocycles. The first-order chi connectivity index (χ1) is 14.8. The first kappa shape index (κ1) is 22.5. The van der Waals surface area contributed by atoms with E-state index in [-0.39, 0.29) is 23.2 Å². The number of nitrogens with zero attached hydrogens (tertiary/aromatic N) is 1. The molecule has 0 aromatic heterocycles. The number of hydrogen-bond acceptors (Lipinski definition) is 6. The van der Waals surface area contributed by atoms with E-state index >= 15 is 0 Å². The monoisotopic (exact) mass is 444 g/mol. The van der Waals surface area contributed by atoms with Gasteiger partial charge in [0.15, 0.2) is 6.61 Å². The number of benzene rings is 2. The Bertz CT molecular complexity index is 1050. The van der Waals surface area contributed by atoms with Crippen molar-refractivity contribution in [3.8, 4) is 0 Å². The van der Waals surface area contributed by atoms with Crippen LogP contribution in [0.5, 0.6) is 0 Å². The van der Waals surface area contributed by atoms with Crippen molar-refractivity contribution in [1.82, 2.24) is 4.90 Å². The lowest BCUT2D eigenvalue weighted by molar-refractivity contribution is -0.119. The molecule has 162 valence electrons. The molecular weight excluding hydrogens is 424 g/mol. The predicted molar refractivity (Wildman–Crippen MR) is 113 cm³/mol. The zero-order valence-electron chi connectivity index (χ0n) is 17.1. The normalized spacial score (nSPS) is 12.7. The maximum atomic E-state index is 12.5. The number of methoxy groups -OCH3 is 1. The van der Waals surface area contributed by atoms with Gasteiger partial charge in [-0.3, -0.25) is 19.3 Å². The minimum absolute atomic E-state index is 0.0693. The summed E-state index contributed by atoms with van der Waals surface area (Å²) in [6, 6.07) is 9.25. The number of aryl methyl sites for hydroxylation is 1. The van der Waals surface area contributed by atoms with Gasteiger partial charge in [0.1, 0.15) is 0 Å². The molecule has 2 aromatic carbocycles. The van der Waals surface area contributed by atoms with Gasteiger partial charge in [0.05, 0.1) is 27.4 Å². The largest absolute Gasteiger partial charge is 0.452 e. The third-order valence-electron chi connectivity index (χ3n) is 4.67. The summed E-state index contributed by atoms with van der Waals surface area (Å²) in [4.78, 5) is 50.5. The Balaban J connectivity index is 1.61. The molecule has 3 rings (SSSR count). The van der Waals surface area contributed by atoms with Crippen LogP contribution < -0.4 is 5.32 Å². The molecule has 0 unspecified atom stereocenters. The number of hydrogen-bond donors (Lipinski definition) is 1. The summed E-state index contributed by atoms with van der Waals surface area (Å²) in [5.41, 5.74) is 1.78. The number of anilines is 1. The van der Waals surface area contributed by atoms with Gasteiger partial charge < -0.3 is 14.8 Å². The number of rotatable bonds is 8. The number of imide groups is 1. The highest BCUT2D eigenvalue weighted by atomic mass is 35.5. The van der Waals surface area contributed by atoms with Crippen LogP contribution in [0.3, 0.4) is 0 Å². The minimum atomic E-state index is -0.786. The fraction of sp³-hybridized carbons (Fsp3) is 0.273. The predicted octanol–water partition coefficient (Wildman–Crippen LogP) is 3.08. The van der Waals surface area contributed by atoms with Crippen molar-refractivity contribution < 1.29 is 28.7 Å². The van der Waals surface area contributed by atoms with E-state index in [1.54, 1.807) is 18.2 Å². The summed E-state index contributed by atoms with van der Waals surface area (Å²) < 4.78 is 9.98. The lowest BCUT2D eigenvalue weighted by Crippen LogP contribution is -2.31. The van der Waals surface area contributed by atoms with Crippen LogP contribution in [0.1, 0.15) is 43.1 Å². The van der Waals surface area contributed by atoms with E-state index < -0.39 is 30.3 Å². The van der Waals surface area contributed by atoms with E-state index in [0.29, 0.717) is 23.7 Å². The number of halogens is 1. The lowest BCUT2D eigenvalue weighted by Gasteiger charge is -2.12. The van der Waals surface area contributed by atoms with Crippen molar-refractivity contribution in [1.29, 1.82) is 0 Å². The molecule has 2 aromatic rings. The fourth-order valence-electron chi connectivity index (χ4n) is 3.11. The zero-order chi connectivity index (χ0) is 22.5. The van der Waals surface area contributed by atoms with Crippen LogP contribution in [0.25, 0.3) is 0 Å². The van der Waals surface area contributed by atoms with Crippen LogP contribution >= 0.6 is 11.6 Å². The second kappa shape index (κ2) is 9.72. The molecule has 3 amide bonds. The van der Waals surface area contributed by atoms with Crippen LogP contribution in [-0.4, -0.2) is 55.5 Å². The van der Waals surface area contributed by atoms with Crippen LogP contribution in [0, 0.1) is 6.92 Å². The first-order valence-corrected chi connectivity index (χ1v) is 9.92. The second-order valence-corrected chi connectivity index (χ2v) is 7.38. The number of fused-ring (bicyclic) bond motifs is 1. The number of ether oxygens (including phenoxy) is 2. The molecule has 0 saturated heterocycles. The maximum absolute atomic E-state index is 12.5. The van der Waals surface area contributed by atoms with Crippen molar-refractivity contribution in [3.05, 3.63) is 63.7 Å². The van der Waals surface area contributed by atoms with Crippen molar-refractivity contribution in [3.63, 3.8) is 0 Å². The van der Waals surface area contributed by atoms with Gasteiger partial charge in [0.2, 0.25) is 0 Å². The average molecular weight is 445 g/mol. The van der Waals surface area contributed by atoms with E-state index in [1.165, 1.54) is 25.3 Å². The van der Waals surface area contributed by atoms with Gasteiger partial charge in [-0.25, -0.2) is 4.79 Å². The minimum Gasteiger partial charge on any atom is -0.452 e. The third-order valence-corrected chi connectivity index (χ3v) is 4.98. The van der Waals surface area contributed by atoms with Crippen LogP contribution in [0.4, 0.5) is 5.69 Å². The van der Waals surface area contributed by atoms with Crippen LogP contribution in [0.2, 0.25) is 5.02 Å². The van der Waals surface area contributed by atoms with Crippen LogP contribution in [-0.2, 0) is 14.3 Å². The summed E-state index contributed by atoms with van der Waals surface area (Å²) in [5.74, 6) is -2.23. The Morgan fingerprint density at radius 2 is 1.81 bits per heavy atom. The second-order valence-electron chi connectivity index (χ2n) is 6.98. The summed E-state index contributed by atoms with van der Waals surface area (Å²) in [5, 5.41) is 2.94. The molecule has 1 heterocycles. The maximum Gasteiger partial charge on any atom is 0.338 e. The molecule has 1 aliphatic heterocycles. The van der Waals surface area contributed by atoms with Crippen molar-refractivity contribution in [2.75, 3.05) is 32.2 Å². The van der Waals surface area contributed by atoms with Gasteiger partial charge in [-0.05, 0) is 49.2 Å². The molecule has 0 saturated carbocycles. The van der Waals surface area contributed by atoms with E-state index in [0.717, 1.165) is 10.5 Å². The number of amides is 3. The highest BCUT2D eigenvalue weighted by molar-refractivity contribution is 6.33. The van der Waals surface area contributed by atoms with E-state index in [9.17, 15) is 19.2 Å². The molecule has 0 bridgehead atoms. The number of carbonyl (C=O) groups excluding carboxylic acids is 4. The fourth-order valence-corrected chi connectivity index (χ4v) is 3.39. The number of esters is 1. The smallest absolute Gasteiger partial charge is 0.338 e. The Kier molecular flexibility index (Phi) is 7.04. The molecule has 9 heteroatoms. The molecule has 0 fully saturated rings. The van der Waals surface area contributed by atoms with Gasteiger partial charge >= 0.3 is 5.97 Å². The molecule has 0 spiro atoms. The van der Waals surface area contributed by atoms with E-state index in [2.05, 4.69) is 5.32 Å². The van der Waals surface area contributed by atoms with Crippen molar-refractivity contribution in [2.24, 2.45) is 0 Å². The Labute approximate surface area is 184 Å².